The van der Waals surface area contributed by atoms with Gasteiger partial charge < -0.3 is 54.9 Å². The third kappa shape index (κ3) is 52.7. The minimum atomic E-state index is -1.06. The number of imidazole rings is 3. The summed E-state index contributed by atoms with van der Waals surface area (Å²) in [5, 5.41) is 27.5. The molecule has 6 aromatic rings. The van der Waals surface area contributed by atoms with Crippen LogP contribution in [-0.4, -0.2) is 102 Å². The molecule has 0 aliphatic heterocycles. The Morgan fingerprint density at radius 3 is 1.03 bits per heavy atom. The van der Waals surface area contributed by atoms with Crippen LogP contribution in [0, 0.1) is 240 Å². The SMILES string of the molecule is C#CC#CC#CC#CC#CC#CC#CC#CC#CC#CC#CC#CC#CC#CC#CC#CC#CC#CC.CCN(CC)CC.CCn1cncc1CN.CCn1cncc1CNc1cc(C(=O)OC)ccc1N.CCn1cncc1CNc1cc(C(=O)OC)ccc1[N+](=O)[O-].COC(=O)c1ccc([N+](=O)[O-])c(F)c1.PPP(P)P(P(P(P)P)P(P)P)P(P(P)P)P(P)P.[HH]. The minimum absolute atomic E-state index is 0. The lowest BCUT2D eigenvalue weighted by Crippen LogP contribution is -2.21. The van der Waals surface area contributed by atoms with Gasteiger partial charge in [0.1, 0.15) is 5.69 Å². The molecule has 0 saturated carbocycles. The van der Waals surface area contributed by atoms with Gasteiger partial charge in [-0.05, 0) is 240 Å². The number of ether oxygens (including phenoxy) is 3. The lowest BCUT2D eigenvalue weighted by Gasteiger charge is -2.44. The first-order chi connectivity index (χ1) is 61.6. The Morgan fingerprint density at radius 2 is 0.766 bits per heavy atom. The Hall–Kier alpha value is -8.00. The number of methoxy groups -OCH3 is 3. The third-order valence-electron chi connectivity index (χ3n) is 14.2. The Morgan fingerprint density at radius 1 is 0.477 bits per heavy atom. The summed E-state index contributed by atoms with van der Waals surface area (Å²) in [4.78, 5) is 68.3. The number of rotatable bonds is 26. The highest BCUT2D eigenvalue weighted by atomic mass is 33.4. The molecule has 43 heteroatoms. The number of carbonyl (C=O) groups excluding carboxylic acids is 3. The summed E-state index contributed by atoms with van der Waals surface area (Å²) in [6, 6.07) is 11.9. The van der Waals surface area contributed by atoms with Crippen LogP contribution in [0.25, 0.3) is 0 Å². The number of nitrogens with zero attached hydrogens (tertiary/aromatic N) is 9. The molecule has 3 heterocycles. The van der Waals surface area contributed by atoms with Gasteiger partial charge in [-0.3, -0.25) is 20.2 Å². The zero-order valence-electron chi connectivity index (χ0n) is 71.1. The van der Waals surface area contributed by atoms with E-state index in [1.54, 1.807) is 62.7 Å². The number of nitrogens with two attached hydrogens (primary N) is 2. The predicted octanol–water partition coefficient (Wildman–Crippen LogP) is 19.0. The van der Waals surface area contributed by atoms with Gasteiger partial charge in [-0.1, -0.05) is 34.6 Å². The van der Waals surface area contributed by atoms with Crippen LogP contribution in [-0.2, 0) is 53.5 Å². The summed E-state index contributed by atoms with van der Waals surface area (Å²) < 4.78 is 32.6. The monoisotopic (exact) mass is 2060 g/mol. The van der Waals surface area contributed by atoms with Gasteiger partial charge in [-0.15, -0.1) is 95.7 Å². The summed E-state index contributed by atoms with van der Waals surface area (Å²) in [6.45, 7) is 22.9. The van der Waals surface area contributed by atoms with E-state index in [0.717, 1.165) is 70.0 Å². The highest BCUT2D eigenvalue weighted by Crippen LogP contribution is 3.28. The second-order valence-electron chi connectivity index (χ2n) is 22.1. The maximum Gasteiger partial charge on any atom is 0.337 e. The van der Waals surface area contributed by atoms with Gasteiger partial charge in [0.15, 0.2) is 0 Å². The van der Waals surface area contributed by atoms with Crippen LogP contribution in [0.2, 0.25) is 0 Å². The molecule has 0 radical (unpaired) electrons. The van der Waals surface area contributed by atoms with E-state index in [1.165, 1.54) is 52.1 Å². The second-order valence-corrected chi connectivity index (χ2v) is 94.8. The highest BCUT2D eigenvalue weighted by Gasteiger charge is 2.40. The van der Waals surface area contributed by atoms with E-state index in [2.05, 4.69) is 371 Å². The number of hydrogen-bond acceptors (Lipinski definition) is 18. The Bertz CT molecular complexity index is 5920. The highest BCUT2D eigenvalue weighted by molar-refractivity contribution is 9.34. The van der Waals surface area contributed by atoms with Crippen molar-refractivity contribution in [3.63, 3.8) is 0 Å². The largest absolute Gasteiger partial charge is 0.465 e. The lowest BCUT2D eigenvalue weighted by molar-refractivity contribution is -0.387. The van der Waals surface area contributed by atoms with Crippen molar-refractivity contribution in [2.45, 2.75) is 87.7 Å². The number of nitrogens with one attached hydrogen (secondary N) is 2. The number of nitrogen functional groups attached to an aromatic ring is 1. The molecule has 23 nitrogen and oxygen atoms in total. The first-order valence-electron chi connectivity index (χ1n) is 36.3. The quantitative estimate of drug-likeness (QED) is 0.00746. The molecule has 0 aliphatic carbocycles. The number of nitro groups is 2. The number of aryl methyl sites for hydroxylation is 3. The molecule has 0 fully saturated rings. The topological polar surface area (TPSA) is 298 Å². The molecule has 3 aromatic heterocycles. The van der Waals surface area contributed by atoms with Gasteiger partial charge in [-0.2, -0.15) is 4.39 Å². The summed E-state index contributed by atoms with van der Waals surface area (Å²) in [6.07, 6.45) is 15.5. The predicted molar refractivity (Wildman–Crippen MR) is 580 cm³/mol. The van der Waals surface area contributed by atoms with Crippen LogP contribution in [0.15, 0.2) is 92.2 Å². The fourth-order valence-corrected chi connectivity index (χ4v) is 227. The maximum absolute atomic E-state index is 12.9. The molecule has 660 valence electrons. The molecule has 0 aliphatic rings. The number of anilines is 3. The number of carbonyl (C=O) groups is 3. The van der Waals surface area contributed by atoms with Crippen molar-refractivity contribution in [1.29, 1.82) is 0 Å². The Labute approximate surface area is 787 Å². The summed E-state index contributed by atoms with van der Waals surface area (Å²) >= 11 is 0. The number of hydrogen-bond donors (Lipinski definition) is 4. The van der Waals surface area contributed by atoms with Crippen molar-refractivity contribution >= 4 is 199 Å². The van der Waals surface area contributed by atoms with Crippen LogP contribution in [0.5, 0.6) is 0 Å². The smallest absolute Gasteiger partial charge is 0.337 e. The molecule has 6 N–H and O–H groups in total. The summed E-state index contributed by atoms with van der Waals surface area (Å²) in [5.41, 5.74) is 15.8. The molecule has 0 amide bonds. The van der Waals surface area contributed by atoms with Gasteiger partial charge in [-0.25, -0.2) is 29.3 Å². The maximum atomic E-state index is 12.9. The molecule has 3 aromatic carbocycles. The first-order valence-corrected chi connectivity index (χ1v) is 70.2. The molecule has 6 rings (SSSR count). The van der Waals surface area contributed by atoms with Crippen molar-refractivity contribution in [3.8, 4) is 214 Å². The van der Waals surface area contributed by atoms with Gasteiger partial charge in [0.25, 0.3) is 5.69 Å². The number of aromatic nitrogens is 6. The molecule has 12 unspecified atom stereocenters. The van der Waals surface area contributed by atoms with E-state index in [0.29, 0.717) is 36.6 Å². The Balaban J connectivity index is 0. The third-order valence-corrected chi connectivity index (χ3v) is 132. The molecule has 0 bridgehead atoms. The van der Waals surface area contributed by atoms with Crippen LogP contribution in [0.1, 0.15) is 98.0 Å². The van der Waals surface area contributed by atoms with Crippen LogP contribution in [0.3, 0.4) is 0 Å². The van der Waals surface area contributed by atoms with E-state index in [4.69, 9.17) is 22.6 Å². The zero-order chi connectivity index (χ0) is 95.8. The van der Waals surface area contributed by atoms with E-state index in [9.17, 15) is 39.0 Å². The van der Waals surface area contributed by atoms with Crippen molar-refractivity contribution < 1.29 is 44.3 Å². The number of benzene rings is 3. The van der Waals surface area contributed by atoms with E-state index in [-0.39, 0.29) is 85.8 Å². The normalized spacial score (nSPS) is 9.13. The van der Waals surface area contributed by atoms with Crippen LogP contribution < -0.4 is 22.1 Å². The number of halogens is 1. The molecule has 0 saturated heterocycles. The van der Waals surface area contributed by atoms with Gasteiger partial charge in [0.2, 0.25) is 5.82 Å². The van der Waals surface area contributed by atoms with E-state index in [1.807, 2.05) is 20.6 Å². The molecule has 128 heavy (non-hydrogen) atoms. The van der Waals surface area contributed by atoms with E-state index >= 15 is 0 Å². The average molecular weight is 2060 g/mol. The molecular formula is C85H93FN13O10P19. The Kier molecular flexibility index (Phi) is 71.9. The van der Waals surface area contributed by atoms with Crippen LogP contribution in [0.4, 0.5) is 32.8 Å². The summed E-state index contributed by atoms with van der Waals surface area (Å²) in [7, 11) is 36.2. The minimum Gasteiger partial charge on any atom is -0.465 e. The number of nitro benzene ring substituents is 2. The fourth-order valence-electron chi connectivity index (χ4n) is 8.31. The standard InChI is InChI=1S/C37H4.C14H16N4O4.C14H18N4O2.C8H6FNO4.C6H11N3.C6H15N.H21P19.H2/c1-3-5-7-9-11-13-15-17-19-21-23-25-27-29-31-33-35-37-36-34-32-30-28-26-24-22-20-18-16-14-12-10-8-6-4-2;1-3-17-9-15-7-11(17)8-16-12-6-10(14(19)22-2)4-5-13(12)18(20)21;1-3-18-9-16-7-11(18)8-17-13-6-10(14(19)20-2)4-5-12(13)15;1-14-8(11)5-2-3-7(10(12)13)6(9)4-5;1-2-9-5-8-4-6(9)3-7;1-4-7(5-2)6-3;1-11-16(10)19(17(12(2)3)13(4)5)18(14(6)7)15(8)9;/h1H,2H3;4-7,9,16H,3,8H2,1-2H3;4-7,9,17H,3,8,15H2,1-2H3;2-4H,1H3;4-5H,2-3,7H2,1H3;4-6H2,1-3H3;11H,1-10H2;1H. The molecule has 12 atom stereocenters. The van der Waals surface area contributed by atoms with E-state index < -0.39 is 33.3 Å². The van der Waals surface area contributed by atoms with Gasteiger partial charge in [0.05, 0.1) is 108 Å². The lowest BCUT2D eigenvalue weighted by atomic mass is 10.1. The first kappa shape index (κ1) is 120. The number of esters is 3. The zero-order valence-corrected chi connectivity index (χ0v) is 90.8. The number of terminal acetylenes is 1. The van der Waals surface area contributed by atoms with Crippen molar-refractivity contribution in [3.05, 3.63) is 152 Å². The van der Waals surface area contributed by atoms with Gasteiger partial charge in [0, 0.05) is 165 Å². The van der Waals surface area contributed by atoms with Gasteiger partial charge >= 0.3 is 23.6 Å². The average Bonchev–Trinajstić information content (AvgIpc) is 1.82. The molecule has 0 spiro atoms. The van der Waals surface area contributed by atoms with Crippen LogP contribution >= 0.6 is 153 Å². The molecular weight excluding hydrogens is 1970 g/mol. The van der Waals surface area contributed by atoms with Crippen molar-refractivity contribution in [2.24, 2.45) is 5.73 Å². The summed E-state index contributed by atoms with van der Waals surface area (Å²) in [5.74, 6) is 84.2. The fraction of sp³-hybridized carbons (Fsp3) is 0.224. The second kappa shape index (κ2) is 76.7. The van der Waals surface area contributed by atoms with Crippen molar-refractivity contribution in [1.82, 2.24) is 33.6 Å². The van der Waals surface area contributed by atoms with Crippen molar-refractivity contribution in [2.75, 3.05) is 57.3 Å².